The van der Waals surface area contributed by atoms with Crippen LogP contribution in [-0.2, 0) is 14.8 Å². The number of nitrogens with zero attached hydrogens (tertiary/aromatic N) is 1. The molecule has 0 saturated carbocycles. The molecule has 0 aliphatic carbocycles. The van der Waals surface area contributed by atoms with Gasteiger partial charge in [-0.3, -0.25) is 4.79 Å². The molecule has 21 heavy (non-hydrogen) atoms. The minimum atomic E-state index is -3.85. The van der Waals surface area contributed by atoms with Crippen molar-refractivity contribution in [2.24, 2.45) is 5.14 Å². The van der Waals surface area contributed by atoms with Gasteiger partial charge in [0, 0.05) is 18.7 Å². The quantitative estimate of drug-likeness (QED) is 0.875. The first-order valence-electron chi connectivity index (χ1n) is 6.75. The Morgan fingerprint density at radius 1 is 1.38 bits per heavy atom. The van der Waals surface area contributed by atoms with Crippen molar-refractivity contribution in [1.82, 2.24) is 4.90 Å². The number of ether oxygens (including phenoxy) is 1. The average molecular weight is 312 g/mol. The molecule has 0 bridgehead atoms. The lowest BCUT2D eigenvalue weighted by Gasteiger charge is -2.31. The van der Waals surface area contributed by atoms with Crippen LogP contribution in [-0.4, -0.2) is 45.0 Å². The van der Waals surface area contributed by atoms with Crippen molar-refractivity contribution in [2.75, 3.05) is 19.7 Å². The fourth-order valence-electron chi connectivity index (χ4n) is 2.43. The molecule has 0 radical (unpaired) electrons. The van der Waals surface area contributed by atoms with Gasteiger partial charge in [0.2, 0.25) is 10.0 Å². The van der Waals surface area contributed by atoms with Crippen LogP contribution in [0.15, 0.2) is 17.0 Å². The summed E-state index contributed by atoms with van der Waals surface area (Å²) in [4.78, 5) is 14.2. The molecule has 1 aliphatic rings. The highest BCUT2D eigenvalue weighted by Gasteiger charge is 2.24. The Morgan fingerprint density at radius 3 is 2.62 bits per heavy atom. The number of sulfonamides is 1. The Kier molecular flexibility index (Phi) is 4.36. The van der Waals surface area contributed by atoms with Crippen molar-refractivity contribution in [3.05, 3.63) is 28.8 Å². The summed E-state index contributed by atoms with van der Waals surface area (Å²) in [6.45, 7) is 6.83. The zero-order valence-corrected chi connectivity index (χ0v) is 13.2. The molecule has 1 amide bonds. The molecule has 2 rings (SSSR count). The number of carbonyl (C=O) groups is 1. The largest absolute Gasteiger partial charge is 0.375 e. The molecule has 1 unspecified atom stereocenters. The van der Waals surface area contributed by atoms with E-state index in [2.05, 4.69) is 0 Å². The number of nitrogens with two attached hydrogens (primary N) is 1. The van der Waals surface area contributed by atoms with E-state index in [0.29, 0.717) is 30.8 Å². The van der Waals surface area contributed by atoms with Crippen LogP contribution in [0.1, 0.15) is 28.4 Å². The van der Waals surface area contributed by atoms with Gasteiger partial charge < -0.3 is 9.64 Å². The number of hydrogen-bond donors (Lipinski definition) is 1. The number of aryl methyl sites for hydroxylation is 1. The lowest BCUT2D eigenvalue weighted by atomic mass is 10.0. The fraction of sp³-hybridized carbons (Fsp3) is 0.500. The molecule has 1 heterocycles. The van der Waals surface area contributed by atoms with Crippen LogP contribution in [0, 0.1) is 13.8 Å². The average Bonchev–Trinajstić information content (AvgIpc) is 2.39. The third kappa shape index (κ3) is 3.42. The third-order valence-electron chi connectivity index (χ3n) is 3.70. The standard InChI is InChI=1S/C14H20N2O4S/c1-9-6-12(7-13(11(9)3)21(15,18)19)14(17)16-4-5-20-10(2)8-16/h6-7,10H,4-5,8H2,1-3H3,(H2,15,18,19). The second-order valence-corrected chi connectivity index (χ2v) is 6.92. The zero-order chi connectivity index (χ0) is 15.8. The normalized spacial score (nSPS) is 19.6. The fourth-order valence-corrected chi connectivity index (χ4v) is 3.31. The summed E-state index contributed by atoms with van der Waals surface area (Å²) in [7, 11) is -3.85. The number of hydrogen-bond acceptors (Lipinski definition) is 4. The molecular formula is C14H20N2O4S. The Morgan fingerprint density at radius 2 is 2.05 bits per heavy atom. The van der Waals surface area contributed by atoms with E-state index in [-0.39, 0.29) is 16.9 Å². The van der Waals surface area contributed by atoms with Gasteiger partial charge in [-0.15, -0.1) is 0 Å². The lowest BCUT2D eigenvalue weighted by Crippen LogP contribution is -2.44. The summed E-state index contributed by atoms with van der Waals surface area (Å²) in [6, 6.07) is 3.06. The van der Waals surface area contributed by atoms with Crippen LogP contribution in [0.3, 0.4) is 0 Å². The molecule has 1 aliphatic heterocycles. The highest BCUT2D eigenvalue weighted by Crippen LogP contribution is 2.21. The van der Waals surface area contributed by atoms with Crippen molar-refractivity contribution in [3.8, 4) is 0 Å². The minimum absolute atomic E-state index is 0.00663. The van der Waals surface area contributed by atoms with Gasteiger partial charge >= 0.3 is 0 Å². The number of carbonyl (C=O) groups excluding carboxylic acids is 1. The number of amides is 1. The Balaban J connectivity index is 2.40. The smallest absolute Gasteiger partial charge is 0.254 e. The highest BCUT2D eigenvalue weighted by atomic mass is 32.2. The van der Waals surface area contributed by atoms with Gasteiger partial charge in [-0.2, -0.15) is 0 Å². The molecule has 0 spiro atoms. The van der Waals surface area contributed by atoms with Crippen molar-refractivity contribution < 1.29 is 17.9 Å². The zero-order valence-electron chi connectivity index (χ0n) is 12.4. The predicted molar refractivity (Wildman–Crippen MR) is 78.6 cm³/mol. The van der Waals surface area contributed by atoms with E-state index < -0.39 is 10.0 Å². The van der Waals surface area contributed by atoms with Gasteiger partial charge in [-0.05, 0) is 44.0 Å². The summed E-state index contributed by atoms with van der Waals surface area (Å²) in [5, 5.41) is 5.22. The maximum absolute atomic E-state index is 12.5. The summed E-state index contributed by atoms with van der Waals surface area (Å²) in [5.41, 5.74) is 1.65. The molecule has 0 aromatic heterocycles. The van der Waals surface area contributed by atoms with Gasteiger partial charge in [-0.25, -0.2) is 13.6 Å². The number of morpholine rings is 1. The predicted octanol–water partition coefficient (Wildman–Crippen LogP) is 0.812. The Bertz CT molecular complexity index is 670. The molecule has 116 valence electrons. The van der Waals surface area contributed by atoms with Crippen molar-refractivity contribution in [1.29, 1.82) is 0 Å². The van der Waals surface area contributed by atoms with E-state index in [9.17, 15) is 13.2 Å². The third-order valence-corrected chi connectivity index (χ3v) is 4.74. The maximum Gasteiger partial charge on any atom is 0.254 e. The van der Waals surface area contributed by atoms with Crippen molar-refractivity contribution in [2.45, 2.75) is 31.8 Å². The van der Waals surface area contributed by atoms with Crippen LogP contribution >= 0.6 is 0 Å². The van der Waals surface area contributed by atoms with Crippen molar-refractivity contribution >= 4 is 15.9 Å². The van der Waals surface area contributed by atoms with Crippen LogP contribution in [0.4, 0.5) is 0 Å². The number of rotatable bonds is 2. The molecule has 1 aromatic rings. The molecular weight excluding hydrogens is 292 g/mol. The van der Waals surface area contributed by atoms with Crippen LogP contribution in [0.5, 0.6) is 0 Å². The number of primary sulfonamides is 1. The van der Waals surface area contributed by atoms with E-state index >= 15 is 0 Å². The highest BCUT2D eigenvalue weighted by molar-refractivity contribution is 7.89. The van der Waals surface area contributed by atoms with E-state index in [1.54, 1.807) is 24.8 Å². The first-order valence-corrected chi connectivity index (χ1v) is 8.29. The van der Waals surface area contributed by atoms with Crippen LogP contribution < -0.4 is 5.14 Å². The molecule has 7 heteroatoms. The molecule has 1 fully saturated rings. The Labute approximate surface area is 124 Å². The van der Waals surface area contributed by atoms with E-state index in [4.69, 9.17) is 9.88 Å². The SMILES string of the molecule is Cc1cc(C(=O)N2CCOC(C)C2)cc(S(N)(=O)=O)c1C. The van der Waals surface area contributed by atoms with Crippen molar-refractivity contribution in [3.63, 3.8) is 0 Å². The summed E-state index contributed by atoms with van der Waals surface area (Å²) in [6.07, 6.45) is -0.0213. The molecule has 1 saturated heterocycles. The molecule has 6 nitrogen and oxygen atoms in total. The summed E-state index contributed by atoms with van der Waals surface area (Å²) >= 11 is 0. The van der Waals surface area contributed by atoms with E-state index in [1.165, 1.54) is 6.07 Å². The van der Waals surface area contributed by atoms with Crippen LogP contribution in [0.2, 0.25) is 0 Å². The van der Waals surface area contributed by atoms with Crippen LogP contribution in [0.25, 0.3) is 0 Å². The minimum Gasteiger partial charge on any atom is -0.375 e. The first kappa shape index (κ1) is 15.9. The van der Waals surface area contributed by atoms with Gasteiger partial charge in [0.1, 0.15) is 0 Å². The summed E-state index contributed by atoms with van der Waals surface area (Å²) < 4.78 is 28.7. The monoisotopic (exact) mass is 312 g/mol. The lowest BCUT2D eigenvalue weighted by molar-refractivity contribution is -0.0124. The molecule has 2 N–H and O–H groups in total. The van der Waals surface area contributed by atoms with E-state index in [0.717, 1.165) is 5.56 Å². The topological polar surface area (TPSA) is 89.7 Å². The number of benzene rings is 1. The van der Waals surface area contributed by atoms with Gasteiger partial charge in [0.25, 0.3) is 5.91 Å². The second-order valence-electron chi connectivity index (χ2n) is 5.39. The molecule has 1 aromatic carbocycles. The first-order chi connectivity index (χ1) is 9.70. The molecule has 1 atom stereocenters. The van der Waals surface area contributed by atoms with E-state index in [1.807, 2.05) is 6.92 Å². The van der Waals surface area contributed by atoms with Gasteiger partial charge in [-0.1, -0.05) is 0 Å². The maximum atomic E-state index is 12.5. The van der Waals surface area contributed by atoms with Gasteiger partial charge in [0.15, 0.2) is 0 Å². The van der Waals surface area contributed by atoms with Gasteiger partial charge in [0.05, 0.1) is 17.6 Å². The second kappa shape index (κ2) is 5.75. The Hall–Kier alpha value is -1.44. The summed E-state index contributed by atoms with van der Waals surface area (Å²) in [5.74, 6) is -0.196.